The van der Waals surface area contributed by atoms with Gasteiger partial charge in [-0.15, -0.1) is 0 Å². The Morgan fingerprint density at radius 2 is 1.77 bits per heavy atom. The standard InChI is InChI=1S/C21H23N5/c22-10-16-9-15-5-1-2-6-19(15)24-21(16)26-13-17-11-25(12-18(17)14-26)20-7-3-4-8-23-20/h3-4,7-9,17-18H,1-2,5-6,11-14H2. The smallest absolute Gasteiger partial charge is 0.146 e. The Morgan fingerprint density at radius 1 is 1.00 bits per heavy atom. The minimum atomic E-state index is 0.626. The first kappa shape index (κ1) is 15.6. The van der Waals surface area contributed by atoms with E-state index in [4.69, 9.17) is 4.98 Å². The number of pyridine rings is 2. The molecule has 2 aromatic heterocycles. The molecule has 5 heteroatoms. The van der Waals surface area contributed by atoms with E-state index < -0.39 is 0 Å². The lowest BCUT2D eigenvalue weighted by molar-refractivity contribution is 0.533. The number of nitriles is 1. The molecule has 5 rings (SSSR count). The monoisotopic (exact) mass is 345 g/mol. The largest absolute Gasteiger partial charge is 0.356 e. The van der Waals surface area contributed by atoms with Crippen molar-refractivity contribution in [3.8, 4) is 6.07 Å². The van der Waals surface area contributed by atoms with Crippen molar-refractivity contribution in [2.24, 2.45) is 11.8 Å². The first-order valence-electron chi connectivity index (χ1n) is 9.65. The molecule has 3 aliphatic rings. The van der Waals surface area contributed by atoms with E-state index in [2.05, 4.69) is 39.1 Å². The molecule has 0 amide bonds. The van der Waals surface area contributed by atoms with E-state index in [9.17, 15) is 5.26 Å². The SMILES string of the molecule is N#Cc1cc2c(nc1N1CC3CN(c4ccccn4)CC3C1)CCCC2. The van der Waals surface area contributed by atoms with Crippen molar-refractivity contribution in [3.05, 3.63) is 47.3 Å². The molecule has 0 spiro atoms. The summed E-state index contributed by atoms with van der Waals surface area (Å²) in [6.45, 7) is 4.08. The number of aromatic nitrogens is 2. The van der Waals surface area contributed by atoms with Gasteiger partial charge < -0.3 is 9.80 Å². The highest BCUT2D eigenvalue weighted by molar-refractivity contribution is 5.57. The van der Waals surface area contributed by atoms with E-state index in [1.54, 1.807) is 0 Å². The van der Waals surface area contributed by atoms with Gasteiger partial charge in [-0.05, 0) is 49.4 Å². The van der Waals surface area contributed by atoms with Crippen LogP contribution in [0.3, 0.4) is 0 Å². The average Bonchev–Trinajstić information content (AvgIpc) is 3.27. The van der Waals surface area contributed by atoms with Gasteiger partial charge in [-0.25, -0.2) is 9.97 Å². The summed E-state index contributed by atoms with van der Waals surface area (Å²) in [7, 11) is 0. The second-order valence-electron chi connectivity index (χ2n) is 7.80. The third kappa shape index (κ3) is 2.61. The molecule has 0 bridgehead atoms. The van der Waals surface area contributed by atoms with Crippen molar-refractivity contribution < 1.29 is 0 Å². The van der Waals surface area contributed by atoms with Crippen LogP contribution in [0.4, 0.5) is 11.6 Å². The fourth-order valence-electron chi connectivity index (χ4n) is 4.84. The molecular weight excluding hydrogens is 322 g/mol. The Balaban J connectivity index is 1.36. The number of nitrogens with zero attached hydrogens (tertiary/aromatic N) is 5. The third-order valence-corrected chi connectivity index (χ3v) is 6.16. The topological polar surface area (TPSA) is 56.1 Å². The minimum Gasteiger partial charge on any atom is -0.356 e. The summed E-state index contributed by atoms with van der Waals surface area (Å²) in [4.78, 5) is 14.2. The molecule has 2 saturated heterocycles. The van der Waals surface area contributed by atoms with Gasteiger partial charge in [0, 0.05) is 49.9 Å². The first-order chi connectivity index (χ1) is 12.8. The van der Waals surface area contributed by atoms with Crippen molar-refractivity contribution in [1.82, 2.24) is 9.97 Å². The number of anilines is 2. The lowest BCUT2D eigenvalue weighted by Gasteiger charge is -2.25. The van der Waals surface area contributed by atoms with Gasteiger partial charge in [0.05, 0.1) is 5.56 Å². The van der Waals surface area contributed by atoms with Crippen molar-refractivity contribution in [3.63, 3.8) is 0 Å². The van der Waals surface area contributed by atoms with E-state index in [0.29, 0.717) is 11.8 Å². The average molecular weight is 345 g/mol. The summed E-state index contributed by atoms with van der Waals surface area (Å²) < 4.78 is 0. The molecule has 0 aromatic carbocycles. The molecule has 4 heterocycles. The molecule has 0 radical (unpaired) electrons. The summed E-state index contributed by atoms with van der Waals surface area (Å²) >= 11 is 0. The van der Waals surface area contributed by atoms with Crippen LogP contribution in [0, 0.1) is 23.2 Å². The lowest BCUT2D eigenvalue weighted by Crippen LogP contribution is -2.30. The molecule has 0 N–H and O–H groups in total. The summed E-state index contributed by atoms with van der Waals surface area (Å²) in [5.74, 6) is 3.26. The quantitative estimate of drug-likeness (QED) is 0.838. The maximum atomic E-state index is 9.64. The van der Waals surface area contributed by atoms with E-state index in [1.807, 2.05) is 12.3 Å². The zero-order valence-electron chi connectivity index (χ0n) is 14.9. The van der Waals surface area contributed by atoms with Gasteiger partial charge in [0.1, 0.15) is 17.7 Å². The number of hydrogen-bond donors (Lipinski definition) is 0. The summed E-state index contributed by atoms with van der Waals surface area (Å²) in [5, 5.41) is 9.64. The summed E-state index contributed by atoms with van der Waals surface area (Å²) in [6, 6.07) is 10.6. The van der Waals surface area contributed by atoms with Crippen LogP contribution in [-0.4, -0.2) is 36.1 Å². The fraction of sp³-hybridized carbons (Fsp3) is 0.476. The van der Waals surface area contributed by atoms with Crippen LogP contribution in [-0.2, 0) is 12.8 Å². The van der Waals surface area contributed by atoms with Crippen LogP contribution in [0.5, 0.6) is 0 Å². The highest BCUT2D eigenvalue weighted by Gasteiger charge is 2.41. The van der Waals surface area contributed by atoms with Gasteiger partial charge in [-0.3, -0.25) is 0 Å². The zero-order valence-corrected chi connectivity index (χ0v) is 14.9. The Kier molecular flexibility index (Phi) is 3.77. The van der Waals surface area contributed by atoms with E-state index in [1.165, 1.54) is 24.1 Å². The molecule has 2 fully saturated rings. The van der Waals surface area contributed by atoms with Gasteiger partial charge in [-0.2, -0.15) is 5.26 Å². The van der Waals surface area contributed by atoms with Crippen molar-refractivity contribution in [1.29, 1.82) is 5.26 Å². The molecule has 5 nitrogen and oxygen atoms in total. The van der Waals surface area contributed by atoms with Crippen LogP contribution in [0.25, 0.3) is 0 Å². The Bertz CT molecular complexity index is 843. The zero-order chi connectivity index (χ0) is 17.5. The molecule has 1 aliphatic carbocycles. The summed E-state index contributed by atoms with van der Waals surface area (Å²) in [6.07, 6.45) is 6.43. The minimum absolute atomic E-state index is 0.626. The Hall–Kier alpha value is -2.61. The third-order valence-electron chi connectivity index (χ3n) is 6.16. The normalized spacial score (nSPS) is 24.3. The van der Waals surface area contributed by atoms with Crippen LogP contribution in [0.1, 0.15) is 29.7 Å². The highest BCUT2D eigenvalue weighted by Crippen LogP contribution is 2.36. The van der Waals surface area contributed by atoms with Crippen LogP contribution >= 0.6 is 0 Å². The van der Waals surface area contributed by atoms with Gasteiger partial charge in [0.25, 0.3) is 0 Å². The molecular formula is C21H23N5. The number of aryl methyl sites for hydroxylation is 2. The maximum Gasteiger partial charge on any atom is 0.146 e. The highest BCUT2D eigenvalue weighted by atomic mass is 15.3. The summed E-state index contributed by atoms with van der Waals surface area (Å²) in [5.41, 5.74) is 3.27. The number of hydrogen-bond acceptors (Lipinski definition) is 5. The van der Waals surface area contributed by atoms with Gasteiger partial charge in [0.15, 0.2) is 0 Å². The molecule has 2 unspecified atom stereocenters. The van der Waals surface area contributed by atoms with Crippen LogP contribution in [0.15, 0.2) is 30.5 Å². The molecule has 26 heavy (non-hydrogen) atoms. The van der Waals surface area contributed by atoms with E-state index in [-0.39, 0.29) is 0 Å². The van der Waals surface area contributed by atoms with Gasteiger partial charge in [0.2, 0.25) is 0 Å². The van der Waals surface area contributed by atoms with Crippen molar-refractivity contribution >= 4 is 11.6 Å². The van der Waals surface area contributed by atoms with Crippen LogP contribution in [0.2, 0.25) is 0 Å². The molecule has 2 atom stereocenters. The van der Waals surface area contributed by atoms with Crippen LogP contribution < -0.4 is 9.80 Å². The van der Waals surface area contributed by atoms with Crippen molar-refractivity contribution in [2.75, 3.05) is 36.0 Å². The Labute approximate surface area is 154 Å². The first-order valence-corrected chi connectivity index (χ1v) is 9.65. The Morgan fingerprint density at radius 3 is 2.50 bits per heavy atom. The second-order valence-corrected chi connectivity index (χ2v) is 7.80. The number of rotatable bonds is 2. The van der Waals surface area contributed by atoms with Gasteiger partial charge in [-0.1, -0.05) is 6.07 Å². The van der Waals surface area contributed by atoms with E-state index >= 15 is 0 Å². The van der Waals surface area contributed by atoms with Gasteiger partial charge >= 0.3 is 0 Å². The molecule has 2 aliphatic heterocycles. The lowest BCUT2D eigenvalue weighted by atomic mass is 9.95. The van der Waals surface area contributed by atoms with Crippen molar-refractivity contribution in [2.45, 2.75) is 25.7 Å². The molecule has 132 valence electrons. The predicted octanol–water partition coefficient (Wildman–Crippen LogP) is 2.80. The van der Waals surface area contributed by atoms with E-state index in [0.717, 1.165) is 56.2 Å². The predicted molar refractivity (Wildman–Crippen MR) is 101 cm³/mol. The molecule has 2 aromatic rings. The number of fused-ring (bicyclic) bond motifs is 2. The molecule has 0 saturated carbocycles. The maximum absolute atomic E-state index is 9.64. The second kappa shape index (κ2) is 6.28. The fourth-order valence-corrected chi connectivity index (χ4v) is 4.84.